The number of aromatic nitrogens is 1. The molecule has 0 aliphatic rings. The van der Waals surface area contributed by atoms with Crippen LogP contribution >= 0.6 is 11.3 Å². The average Bonchev–Trinajstić information content (AvgIpc) is 3.03. The van der Waals surface area contributed by atoms with E-state index >= 15 is 0 Å². The van der Waals surface area contributed by atoms with Crippen molar-refractivity contribution in [2.45, 2.75) is 27.7 Å². The van der Waals surface area contributed by atoms with Gasteiger partial charge in [-0.15, -0.1) is 0 Å². The van der Waals surface area contributed by atoms with E-state index in [0.717, 1.165) is 29.1 Å². The van der Waals surface area contributed by atoms with Gasteiger partial charge in [0.1, 0.15) is 16.5 Å². The van der Waals surface area contributed by atoms with E-state index in [0.29, 0.717) is 27.1 Å². The van der Waals surface area contributed by atoms with Gasteiger partial charge in [0.05, 0.1) is 11.9 Å². The molecule has 0 bridgehead atoms. The van der Waals surface area contributed by atoms with Gasteiger partial charge in [0.25, 0.3) is 5.91 Å². The molecular formula is C18H23N5O2S. The number of carbonyl (C=O) groups is 1. The molecule has 0 unspecified atom stereocenters. The fraction of sp³-hybridized carbons (Fsp3) is 0.278. The molecule has 7 nitrogen and oxygen atoms in total. The number of aromatic hydroxyl groups is 1. The minimum Gasteiger partial charge on any atom is -0.508 e. The van der Waals surface area contributed by atoms with Crippen LogP contribution in [-0.2, 0) is 0 Å². The van der Waals surface area contributed by atoms with E-state index in [9.17, 15) is 9.90 Å². The fourth-order valence-electron chi connectivity index (χ4n) is 2.32. The van der Waals surface area contributed by atoms with Gasteiger partial charge in [-0.25, -0.2) is 9.98 Å². The smallest absolute Gasteiger partial charge is 0.267 e. The van der Waals surface area contributed by atoms with Crippen molar-refractivity contribution in [3.63, 3.8) is 0 Å². The lowest BCUT2D eigenvalue weighted by molar-refractivity contribution is 0.103. The van der Waals surface area contributed by atoms with Crippen LogP contribution in [0.15, 0.2) is 35.1 Å². The van der Waals surface area contributed by atoms with Crippen molar-refractivity contribution >= 4 is 33.9 Å². The van der Waals surface area contributed by atoms with Crippen molar-refractivity contribution < 1.29 is 9.90 Å². The van der Waals surface area contributed by atoms with E-state index in [-0.39, 0.29) is 11.7 Å². The summed E-state index contributed by atoms with van der Waals surface area (Å²) in [5.74, 6) is 0.138. The van der Waals surface area contributed by atoms with Gasteiger partial charge >= 0.3 is 0 Å². The number of rotatable bonds is 6. The summed E-state index contributed by atoms with van der Waals surface area (Å²) in [7, 11) is 0. The summed E-state index contributed by atoms with van der Waals surface area (Å²) >= 11 is 1.14. The molecule has 8 heteroatoms. The lowest BCUT2D eigenvalue weighted by Crippen LogP contribution is -2.14. The third-order valence-corrected chi connectivity index (χ3v) is 4.54. The summed E-state index contributed by atoms with van der Waals surface area (Å²) in [4.78, 5) is 21.2. The number of phenolic OH excluding ortho intramolecular Hbond substituents is 1. The number of nitrogens with zero attached hydrogens (tertiary/aromatic N) is 2. The number of nitrogens with two attached hydrogens (primary N) is 1. The first-order chi connectivity index (χ1) is 12.3. The molecular weight excluding hydrogens is 350 g/mol. The predicted molar refractivity (Wildman–Crippen MR) is 106 cm³/mol. The molecule has 1 aromatic carbocycles. The van der Waals surface area contributed by atoms with Crippen molar-refractivity contribution in [3.8, 4) is 5.75 Å². The first kappa shape index (κ1) is 19.5. The van der Waals surface area contributed by atoms with E-state index in [4.69, 9.17) is 5.73 Å². The Kier molecular flexibility index (Phi) is 6.35. The maximum Gasteiger partial charge on any atom is 0.267 e. The number of amidine groups is 1. The molecule has 0 spiro atoms. The Morgan fingerprint density at radius 1 is 1.42 bits per heavy atom. The van der Waals surface area contributed by atoms with E-state index in [1.165, 1.54) is 6.20 Å². The minimum atomic E-state index is -0.307. The number of aryl methyl sites for hydroxylation is 1. The number of anilines is 1. The summed E-state index contributed by atoms with van der Waals surface area (Å²) in [6.45, 7) is 8.30. The second-order valence-electron chi connectivity index (χ2n) is 5.76. The first-order valence-electron chi connectivity index (χ1n) is 8.14. The monoisotopic (exact) mass is 373 g/mol. The van der Waals surface area contributed by atoms with E-state index in [1.54, 1.807) is 25.1 Å². The molecule has 5 N–H and O–H groups in total. The summed E-state index contributed by atoms with van der Waals surface area (Å²) in [5.41, 5.74) is 8.86. The highest BCUT2D eigenvalue weighted by molar-refractivity contribution is 7.17. The molecule has 0 saturated heterocycles. The normalized spacial score (nSPS) is 12.2. The number of aliphatic imine (C=N–C) groups is 1. The maximum atomic E-state index is 12.5. The van der Waals surface area contributed by atoms with Gasteiger partial charge in [0.2, 0.25) is 5.13 Å². The third kappa shape index (κ3) is 4.82. The van der Waals surface area contributed by atoms with E-state index < -0.39 is 0 Å². The van der Waals surface area contributed by atoms with Crippen molar-refractivity contribution in [1.82, 2.24) is 10.3 Å². The minimum absolute atomic E-state index is 0.135. The highest BCUT2D eigenvalue weighted by Crippen LogP contribution is 2.29. The quantitative estimate of drug-likeness (QED) is 0.459. The number of allylic oxidation sites excluding steroid dienone is 1. The molecule has 0 aliphatic heterocycles. The Hall–Kier alpha value is -2.87. The predicted octanol–water partition coefficient (Wildman–Crippen LogP) is 3.22. The molecule has 2 rings (SSSR count). The van der Waals surface area contributed by atoms with Crippen molar-refractivity contribution in [1.29, 1.82) is 0 Å². The van der Waals surface area contributed by atoms with E-state index in [1.807, 2.05) is 20.8 Å². The number of nitrogens with one attached hydrogen (secondary N) is 2. The zero-order valence-electron chi connectivity index (χ0n) is 15.3. The van der Waals surface area contributed by atoms with Crippen LogP contribution in [0.1, 0.15) is 34.6 Å². The molecule has 0 radical (unpaired) electrons. The summed E-state index contributed by atoms with van der Waals surface area (Å²) in [6, 6.07) is 3.35. The first-order valence-corrected chi connectivity index (χ1v) is 8.96. The van der Waals surface area contributed by atoms with Gasteiger partial charge in [0.15, 0.2) is 0 Å². The highest BCUT2D eigenvalue weighted by atomic mass is 32.1. The highest BCUT2D eigenvalue weighted by Gasteiger charge is 2.14. The lowest BCUT2D eigenvalue weighted by atomic mass is 10.1. The van der Waals surface area contributed by atoms with Crippen LogP contribution in [0.5, 0.6) is 5.75 Å². The van der Waals surface area contributed by atoms with Gasteiger partial charge in [-0.2, -0.15) is 0 Å². The van der Waals surface area contributed by atoms with Gasteiger partial charge < -0.3 is 21.5 Å². The van der Waals surface area contributed by atoms with Crippen LogP contribution in [0.2, 0.25) is 0 Å². The van der Waals surface area contributed by atoms with Crippen molar-refractivity contribution in [2.24, 2.45) is 10.7 Å². The maximum absolute atomic E-state index is 12.5. The number of amides is 1. The van der Waals surface area contributed by atoms with Gasteiger partial charge in [0, 0.05) is 17.8 Å². The second-order valence-corrected chi connectivity index (χ2v) is 6.77. The van der Waals surface area contributed by atoms with Gasteiger partial charge in [-0.05, 0) is 45.4 Å². The number of carbonyl (C=O) groups excluding carboxylic acids is 1. The molecule has 0 saturated carbocycles. The largest absolute Gasteiger partial charge is 0.508 e. The fourth-order valence-corrected chi connectivity index (χ4v) is 3.02. The van der Waals surface area contributed by atoms with Crippen LogP contribution in [-0.4, -0.2) is 28.4 Å². The zero-order valence-corrected chi connectivity index (χ0v) is 16.1. The molecule has 1 amide bonds. The van der Waals surface area contributed by atoms with Crippen LogP contribution in [0.4, 0.5) is 10.8 Å². The third-order valence-electron chi connectivity index (χ3n) is 3.65. The molecule has 138 valence electrons. The topological polar surface area (TPSA) is 113 Å². The summed E-state index contributed by atoms with van der Waals surface area (Å²) < 4.78 is 0. The molecule has 1 aromatic heterocycles. The number of hydrogen-bond donors (Lipinski definition) is 4. The summed E-state index contributed by atoms with van der Waals surface area (Å²) in [6.07, 6.45) is 3.17. The van der Waals surface area contributed by atoms with Crippen molar-refractivity contribution in [2.75, 3.05) is 11.9 Å². The number of thiazole rings is 1. The molecule has 0 atom stereocenters. The zero-order chi connectivity index (χ0) is 19.3. The molecule has 26 heavy (non-hydrogen) atoms. The summed E-state index contributed by atoms with van der Waals surface area (Å²) in [5, 5.41) is 16.2. The number of hydrogen-bond acceptors (Lipinski definition) is 6. The van der Waals surface area contributed by atoms with Gasteiger partial charge in [-0.1, -0.05) is 17.4 Å². The molecule has 1 heterocycles. The lowest BCUT2D eigenvalue weighted by Gasteiger charge is -2.11. The Balaban J connectivity index is 2.16. The Morgan fingerprint density at radius 3 is 2.85 bits per heavy atom. The second kappa shape index (κ2) is 8.48. The average molecular weight is 373 g/mol. The molecule has 0 fully saturated rings. The molecule has 2 aromatic rings. The van der Waals surface area contributed by atoms with Gasteiger partial charge in [-0.3, -0.25) is 4.79 Å². The number of phenols is 1. The Bertz CT molecular complexity index is 870. The SMILES string of the molecule is CCN/C(C)=C\C(N)=N/c1ncc(C(=O)Nc2c(C)ccc(O)c2C)s1. The van der Waals surface area contributed by atoms with Crippen molar-refractivity contribution in [3.05, 3.63) is 46.1 Å². The van der Waals surface area contributed by atoms with Crippen LogP contribution < -0.4 is 16.4 Å². The standard InChI is InChI=1S/C18H23N5O2S/c1-5-20-11(3)8-15(19)22-18-21-9-14(26-18)17(25)23-16-10(2)6-7-13(24)12(16)4/h6-9,20,24H,5H2,1-4H3,(H,23,25)(H2,19,21,22)/b11-8-. The van der Waals surface area contributed by atoms with Crippen LogP contribution in [0.3, 0.4) is 0 Å². The van der Waals surface area contributed by atoms with Crippen LogP contribution in [0.25, 0.3) is 0 Å². The Labute approximate surface area is 156 Å². The van der Waals surface area contributed by atoms with E-state index in [2.05, 4.69) is 20.6 Å². The van der Waals surface area contributed by atoms with Crippen LogP contribution in [0, 0.1) is 13.8 Å². The Morgan fingerprint density at radius 2 is 2.15 bits per heavy atom. The number of benzene rings is 1. The molecule has 0 aliphatic carbocycles.